The van der Waals surface area contributed by atoms with Gasteiger partial charge in [-0.05, 0) is 31.5 Å². The molecule has 0 unspecified atom stereocenters. The Hall–Kier alpha value is -3.34. The number of esters is 1. The fourth-order valence-electron chi connectivity index (χ4n) is 3.19. The van der Waals surface area contributed by atoms with Crippen molar-refractivity contribution in [2.45, 2.75) is 20.4 Å². The first-order chi connectivity index (χ1) is 13.0. The quantitative estimate of drug-likeness (QED) is 0.508. The van der Waals surface area contributed by atoms with E-state index in [1.54, 1.807) is 19.9 Å². The van der Waals surface area contributed by atoms with Gasteiger partial charge in [-0.3, -0.25) is 4.79 Å². The molecule has 0 atom stereocenters. The molecule has 0 spiro atoms. The van der Waals surface area contributed by atoms with Crippen molar-refractivity contribution in [3.63, 3.8) is 0 Å². The van der Waals surface area contributed by atoms with Gasteiger partial charge in [0.15, 0.2) is 5.78 Å². The minimum absolute atomic E-state index is 0.214. The van der Waals surface area contributed by atoms with Gasteiger partial charge in [-0.2, -0.15) is 0 Å². The lowest BCUT2D eigenvalue weighted by molar-refractivity contribution is 0.0597. The van der Waals surface area contributed by atoms with Crippen LogP contribution in [0, 0.1) is 13.8 Å². The van der Waals surface area contributed by atoms with Crippen LogP contribution in [0.4, 0.5) is 5.69 Å². The van der Waals surface area contributed by atoms with Crippen LogP contribution in [0.1, 0.15) is 43.2 Å². The molecule has 3 rings (SSSR count). The van der Waals surface area contributed by atoms with Crippen molar-refractivity contribution in [1.29, 1.82) is 0 Å². The molecular weight excluding hydrogens is 340 g/mol. The third-order valence-electron chi connectivity index (χ3n) is 4.49. The summed E-state index contributed by atoms with van der Waals surface area (Å²) in [5.74, 6) is -0.733. The molecule has 0 aliphatic carbocycles. The van der Waals surface area contributed by atoms with Gasteiger partial charge >= 0.3 is 5.97 Å². The van der Waals surface area contributed by atoms with E-state index in [1.807, 2.05) is 48.5 Å². The van der Waals surface area contributed by atoms with Crippen molar-refractivity contribution >= 4 is 17.4 Å². The molecule has 0 saturated heterocycles. The highest BCUT2D eigenvalue weighted by atomic mass is 16.5. The highest BCUT2D eigenvalue weighted by Gasteiger charge is 2.26. The molecule has 2 N–H and O–H groups in total. The SMILES string of the molecule is COC(=O)c1c(C)[nH]c(C)c1C(=O)c1ccccc1NCc1ccccc1. The summed E-state index contributed by atoms with van der Waals surface area (Å²) in [6, 6.07) is 17.3. The second kappa shape index (κ2) is 7.91. The predicted octanol–water partition coefficient (Wildman–Crippen LogP) is 4.26. The lowest BCUT2D eigenvalue weighted by atomic mass is 9.97. The van der Waals surface area contributed by atoms with E-state index in [1.165, 1.54) is 7.11 Å². The number of H-pyrrole nitrogens is 1. The number of rotatable bonds is 6. The van der Waals surface area contributed by atoms with Crippen molar-refractivity contribution in [2.75, 3.05) is 12.4 Å². The van der Waals surface area contributed by atoms with Gasteiger partial charge in [0, 0.05) is 29.2 Å². The Kier molecular flexibility index (Phi) is 5.41. The van der Waals surface area contributed by atoms with Crippen molar-refractivity contribution in [3.05, 3.63) is 88.2 Å². The van der Waals surface area contributed by atoms with Crippen molar-refractivity contribution in [1.82, 2.24) is 4.98 Å². The number of ether oxygens (including phenoxy) is 1. The number of carbonyl (C=O) groups is 2. The van der Waals surface area contributed by atoms with Gasteiger partial charge in [0.2, 0.25) is 0 Å². The van der Waals surface area contributed by atoms with Crippen LogP contribution in [-0.4, -0.2) is 23.8 Å². The number of para-hydroxylation sites is 1. The van der Waals surface area contributed by atoms with Crippen LogP contribution in [0.15, 0.2) is 54.6 Å². The molecule has 0 aliphatic rings. The van der Waals surface area contributed by atoms with Crippen molar-refractivity contribution in [2.24, 2.45) is 0 Å². The maximum Gasteiger partial charge on any atom is 0.340 e. The monoisotopic (exact) mass is 362 g/mol. The molecule has 5 nitrogen and oxygen atoms in total. The summed E-state index contributed by atoms with van der Waals surface area (Å²) in [6.07, 6.45) is 0. The lowest BCUT2D eigenvalue weighted by Crippen LogP contribution is -2.13. The van der Waals surface area contributed by atoms with Crippen LogP contribution < -0.4 is 5.32 Å². The number of aryl methyl sites for hydroxylation is 2. The second-order valence-electron chi connectivity index (χ2n) is 6.33. The van der Waals surface area contributed by atoms with Crippen molar-refractivity contribution < 1.29 is 14.3 Å². The largest absolute Gasteiger partial charge is 0.465 e. The fraction of sp³-hybridized carbons (Fsp3) is 0.182. The zero-order valence-electron chi connectivity index (χ0n) is 15.6. The van der Waals surface area contributed by atoms with Gasteiger partial charge in [0.1, 0.15) is 0 Å². The smallest absolute Gasteiger partial charge is 0.340 e. The van der Waals surface area contributed by atoms with Crippen molar-refractivity contribution in [3.8, 4) is 0 Å². The van der Waals surface area contributed by atoms with Crippen LogP contribution in [0.5, 0.6) is 0 Å². The molecule has 3 aromatic rings. The zero-order chi connectivity index (χ0) is 19.4. The van der Waals surface area contributed by atoms with Gasteiger partial charge in [-0.15, -0.1) is 0 Å². The Labute approximate surface area is 158 Å². The number of carbonyl (C=O) groups excluding carboxylic acids is 2. The van der Waals surface area contributed by atoms with E-state index < -0.39 is 5.97 Å². The maximum atomic E-state index is 13.3. The molecule has 0 amide bonds. The topological polar surface area (TPSA) is 71.2 Å². The van der Waals surface area contributed by atoms with Crippen LogP contribution in [0.3, 0.4) is 0 Å². The number of hydrogen-bond acceptors (Lipinski definition) is 4. The number of aromatic nitrogens is 1. The number of aromatic amines is 1. The minimum Gasteiger partial charge on any atom is -0.465 e. The van der Waals surface area contributed by atoms with E-state index in [4.69, 9.17) is 4.74 Å². The summed E-state index contributed by atoms with van der Waals surface area (Å²) in [6.45, 7) is 4.14. The normalized spacial score (nSPS) is 10.5. The van der Waals surface area contributed by atoms with Crippen LogP contribution in [-0.2, 0) is 11.3 Å². The molecule has 5 heteroatoms. The number of methoxy groups -OCH3 is 1. The third kappa shape index (κ3) is 3.77. The minimum atomic E-state index is -0.519. The number of benzene rings is 2. The van der Waals surface area contributed by atoms with E-state index in [9.17, 15) is 9.59 Å². The predicted molar refractivity (Wildman–Crippen MR) is 105 cm³/mol. The zero-order valence-corrected chi connectivity index (χ0v) is 15.6. The molecule has 0 fully saturated rings. The van der Waals surface area contributed by atoms with Gasteiger partial charge in [-0.25, -0.2) is 4.79 Å². The van der Waals surface area contributed by atoms with Gasteiger partial charge < -0.3 is 15.0 Å². The molecule has 0 radical (unpaired) electrons. The molecule has 1 heterocycles. The van der Waals surface area contributed by atoms with E-state index in [0.29, 0.717) is 29.1 Å². The third-order valence-corrected chi connectivity index (χ3v) is 4.49. The van der Waals surface area contributed by atoms with Crippen LogP contribution >= 0.6 is 0 Å². The highest BCUT2D eigenvalue weighted by molar-refractivity contribution is 6.18. The number of hydrogen-bond donors (Lipinski definition) is 2. The van der Waals surface area contributed by atoms with E-state index in [0.717, 1.165) is 11.3 Å². The first kappa shape index (κ1) is 18.5. The number of ketones is 1. The summed E-state index contributed by atoms with van der Waals surface area (Å²) in [7, 11) is 1.31. The van der Waals surface area contributed by atoms with Gasteiger partial charge in [0.25, 0.3) is 0 Å². The highest BCUT2D eigenvalue weighted by Crippen LogP contribution is 2.26. The Bertz CT molecular complexity index is 974. The number of nitrogens with one attached hydrogen (secondary N) is 2. The average Bonchev–Trinajstić information content (AvgIpc) is 3.00. The van der Waals surface area contributed by atoms with Crippen LogP contribution in [0.2, 0.25) is 0 Å². The maximum absolute atomic E-state index is 13.3. The first-order valence-corrected chi connectivity index (χ1v) is 8.72. The Morgan fingerprint density at radius 1 is 0.926 bits per heavy atom. The van der Waals surface area contributed by atoms with Gasteiger partial charge in [0.05, 0.1) is 18.2 Å². The summed E-state index contributed by atoms with van der Waals surface area (Å²) >= 11 is 0. The molecule has 138 valence electrons. The standard InChI is InChI=1S/C22H22N2O3/c1-14-19(20(15(2)24-14)22(26)27-3)21(25)17-11-7-8-12-18(17)23-13-16-9-5-4-6-10-16/h4-12,23-24H,13H2,1-3H3. The average molecular weight is 362 g/mol. The Morgan fingerprint density at radius 2 is 1.56 bits per heavy atom. The summed E-state index contributed by atoms with van der Waals surface area (Å²) < 4.78 is 4.87. The molecule has 0 aliphatic heterocycles. The molecule has 27 heavy (non-hydrogen) atoms. The second-order valence-corrected chi connectivity index (χ2v) is 6.33. The number of anilines is 1. The molecule has 1 aromatic heterocycles. The molecule has 2 aromatic carbocycles. The lowest BCUT2D eigenvalue weighted by Gasteiger charge is -2.12. The molecular formula is C22H22N2O3. The van der Waals surface area contributed by atoms with Crippen LogP contribution in [0.25, 0.3) is 0 Å². The summed E-state index contributed by atoms with van der Waals surface area (Å²) in [5, 5.41) is 3.32. The van der Waals surface area contributed by atoms with E-state index in [2.05, 4.69) is 10.3 Å². The summed E-state index contributed by atoms with van der Waals surface area (Å²) in [5.41, 5.74) is 4.27. The molecule has 0 saturated carbocycles. The van der Waals surface area contributed by atoms with E-state index >= 15 is 0 Å². The Morgan fingerprint density at radius 3 is 2.26 bits per heavy atom. The van der Waals surface area contributed by atoms with E-state index in [-0.39, 0.29) is 11.3 Å². The van der Waals surface area contributed by atoms with Gasteiger partial charge in [-0.1, -0.05) is 42.5 Å². The summed E-state index contributed by atoms with van der Waals surface area (Å²) in [4.78, 5) is 28.6. The molecule has 0 bridgehead atoms. The first-order valence-electron chi connectivity index (χ1n) is 8.72. The Balaban J connectivity index is 1.96. The fourth-order valence-corrected chi connectivity index (χ4v) is 3.19.